The summed E-state index contributed by atoms with van der Waals surface area (Å²) in [6, 6.07) is 10.2. The lowest BCUT2D eigenvalue weighted by Gasteiger charge is -2.71. The molecule has 9 atom stereocenters. The molecule has 3 saturated carbocycles. The number of allylic oxidation sites excluding steroid dienone is 4. The number of rotatable bonds is 9. The van der Waals surface area contributed by atoms with Crippen LogP contribution in [0.2, 0.25) is 0 Å². The maximum absolute atomic E-state index is 14.9. The molecule has 6 aliphatic rings. The van der Waals surface area contributed by atoms with Crippen LogP contribution >= 0.6 is 11.3 Å². The van der Waals surface area contributed by atoms with Crippen molar-refractivity contribution in [3.05, 3.63) is 59.0 Å². The first-order valence-electron chi connectivity index (χ1n) is 16.8. The van der Waals surface area contributed by atoms with Crippen molar-refractivity contribution in [3.63, 3.8) is 0 Å². The highest BCUT2D eigenvalue weighted by atomic mass is 32.1. The zero-order valence-corrected chi connectivity index (χ0v) is 27.3. The number of benzene rings is 1. The van der Waals surface area contributed by atoms with E-state index < -0.39 is 22.5 Å². The number of ketones is 1. The molecule has 3 fully saturated rings. The van der Waals surface area contributed by atoms with Crippen LogP contribution < -0.4 is 0 Å². The number of nitrogens with zero attached hydrogens (tertiary/aromatic N) is 1. The second kappa shape index (κ2) is 10.6. The van der Waals surface area contributed by atoms with Crippen molar-refractivity contribution < 1.29 is 25.2 Å². The topological polar surface area (TPSA) is 101 Å². The van der Waals surface area contributed by atoms with Gasteiger partial charge in [0.25, 0.3) is 0 Å². The molecule has 1 aromatic carbocycles. The number of carbonyl (C=O) groups excluding carboxylic acids is 1. The zero-order chi connectivity index (χ0) is 31.1. The fourth-order valence-corrected chi connectivity index (χ4v) is 12.1. The molecule has 2 aromatic rings. The molecule has 44 heavy (non-hydrogen) atoms. The minimum atomic E-state index is -0.975. The molecular weight excluding hydrogens is 570 g/mol. The third kappa shape index (κ3) is 4.12. The highest BCUT2D eigenvalue weighted by molar-refractivity contribution is 7.21. The van der Waals surface area contributed by atoms with Gasteiger partial charge in [0.15, 0.2) is 5.78 Å². The predicted octanol–water partition coefficient (Wildman–Crippen LogP) is 5.74. The Morgan fingerprint density at radius 2 is 1.80 bits per heavy atom. The van der Waals surface area contributed by atoms with E-state index in [1.807, 2.05) is 12.1 Å². The van der Waals surface area contributed by atoms with Gasteiger partial charge in [0, 0.05) is 39.6 Å². The quantitative estimate of drug-likeness (QED) is 0.211. The molecule has 0 radical (unpaired) electrons. The molecular formula is C37H49NO5S. The SMILES string of the molecule is CCCN(C[C@H](O)CO)C[C@]1(O)CC[C@H]2[C@]34C=C[C@@]5(C=C3C(=O)c3cc6ccccc6s3)CC(O)CC[C@]5(C)[C@H]4CC[C@@]21C. The molecule has 0 saturated heterocycles. The van der Waals surface area contributed by atoms with Gasteiger partial charge in [-0.3, -0.25) is 9.69 Å². The van der Waals surface area contributed by atoms with Gasteiger partial charge in [0.2, 0.25) is 0 Å². The summed E-state index contributed by atoms with van der Waals surface area (Å²) in [5.74, 6) is 0.461. The Morgan fingerprint density at radius 1 is 1.07 bits per heavy atom. The minimum absolute atomic E-state index is 0.0631. The summed E-state index contributed by atoms with van der Waals surface area (Å²) < 4.78 is 1.11. The number of fused-ring (bicyclic) bond motifs is 2. The van der Waals surface area contributed by atoms with E-state index in [9.17, 15) is 25.2 Å². The van der Waals surface area contributed by atoms with Crippen molar-refractivity contribution in [1.29, 1.82) is 0 Å². The van der Waals surface area contributed by atoms with Crippen LogP contribution in [-0.4, -0.2) is 75.2 Å². The summed E-state index contributed by atoms with van der Waals surface area (Å²) in [5, 5.41) is 44.6. The fraction of sp³-hybridized carbons (Fsp3) is 0.649. The van der Waals surface area contributed by atoms with Crippen LogP contribution in [0.4, 0.5) is 0 Å². The Kier molecular flexibility index (Phi) is 7.40. The lowest BCUT2D eigenvalue weighted by atomic mass is 9.32. The van der Waals surface area contributed by atoms with E-state index in [1.165, 1.54) is 0 Å². The van der Waals surface area contributed by atoms with Gasteiger partial charge in [0.1, 0.15) is 0 Å². The van der Waals surface area contributed by atoms with Crippen molar-refractivity contribution in [1.82, 2.24) is 4.90 Å². The van der Waals surface area contributed by atoms with Crippen molar-refractivity contribution >= 4 is 27.2 Å². The third-order valence-corrected chi connectivity index (χ3v) is 14.4. The Hall–Kier alpha value is -1.87. The van der Waals surface area contributed by atoms with E-state index in [2.05, 4.69) is 62.1 Å². The van der Waals surface area contributed by atoms with Crippen molar-refractivity contribution in [2.75, 3.05) is 26.2 Å². The van der Waals surface area contributed by atoms with E-state index in [-0.39, 0.29) is 41.2 Å². The first-order chi connectivity index (χ1) is 21.0. The number of hydrogen-bond donors (Lipinski definition) is 4. The summed E-state index contributed by atoms with van der Waals surface area (Å²) in [4.78, 5) is 17.8. The Morgan fingerprint density at radius 3 is 2.55 bits per heavy atom. The average molecular weight is 620 g/mol. The summed E-state index contributed by atoms with van der Waals surface area (Å²) >= 11 is 1.57. The van der Waals surface area contributed by atoms with Crippen LogP contribution in [0, 0.1) is 33.5 Å². The van der Waals surface area contributed by atoms with Gasteiger partial charge < -0.3 is 20.4 Å². The van der Waals surface area contributed by atoms with E-state index in [0.29, 0.717) is 25.9 Å². The molecule has 1 heterocycles. The van der Waals surface area contributed by atoms with Gasteiger partial charge in [-0.1, -0.05) is 57.2 Å². The third-order valence-electron chi connectivity index (χ3n) is 13.3. The molecule has 0 amide bonds. The summed E-state index contributed by atoms with van der Waals surface area (Å²) in [7, 11) is 0. The number of Topliss-reactive ketones (excluding diaryl/α,β-unsaturated/α-hetero) is 1. The predicted molar refractivity (Wildman–Crippen MR) is 175 cm³/mol. The van der Waals surface area contributed by atoms with Gasteiger partial charge in [-0.15, -0.1) is 11.3 Å². The highest BCUT2D eigenvalue weighted by Gasteiger charge is 2.74. The first-order valence-corrected chi connectivity index (χ1v) is 17.7. The van der Waals surface area contributed by atoms with Crippen molar-refractivity contribution in [2.45, 2.75) is 89.9 Å². The standard InChI is InChI=1S/C37H49NO5S/c1-4-17-38(21-26(41)22-39)23-36(43)14-11-31-34(36,3)13-10-30-33(2)12-9-25(40)19-35(33)15-16-37(30,31)27(20-35)32(42)29-18-24-7-5-6-8-28(24)44-29/h5-8,15-16,18,20,25-26,30-31,39-41,43H,4,9-14,17,19,21-23H2,1-3H3/t25?,26-,30+,31+,33+,34-,35-,36+,37+/m0/s1. The van der Waals surface area contributed by atoms with Gasteiger partial charge in [-0.25, -0.2) is 0 Å². The smallest absolute Gasteiger partial charge is 0.199 e. The Balaban J connectivity index is 1.34. The summed E-state index contributed by atoms with van der Waals surface area (Å²) in [5.41, 5.74) is -1.40. The van der Waals surface area contributed by atoms with Crippen LogP contribution in [0.3, 0.4) is 0 Å². The molecule has 6 aliphatic carbocycles. The van der Waals surface area contributed by atoms with E-state index >= 15 is 0 Å². The molecule has 1 aromatic heterocycles. The Labute approximate surface area is 265 Å². The molecule has 2 spiro atoms. The van der Waals surface area contributed by atoms with Crippen molar-refractivity contribution in [3.8, 4) is 0 Å². The highest BCUT2D eigenvalue weighted by Crippen LogP contribution is 2.78. The largest absolute Gasteiger partial charge is 0.394 e. The van der Waals surface area contributed by atoms with E-state index in [1.54, 1.807) is 11.3 Å². The minimum Gasteiger partial charge on any atom is -0.394 e. The monoisotopic (exact) mass is 619 g/mol. The lowest BCUT2D eigenvalue weighted by Crippen LogP contribution is -2.67. The molecule has 0 aliphatic heterocycles. The number of thiophene rings is 1. The van der Waals surface area contributed by atoms with Crippen molar-refractivity contribution in [2.24, 2.45) is 33.5 Å². The molecule has 6 nitrogen and oxygen atoms in total. The zero-order valence-electron chi connectivity index (χ0n) is 26.5. The first kappa shape index (κ1) is 30.8. The van der Waals surface area contributed by atoms with Gasteiger partial charge in [-0.2, -0.15) is 0 Å². The maximum atomic E-state index is 14.9. The van der Waals surface area contributed by atoms with Gasteiger partial charge in [0.05, 0.1) is 29.3 Å². The maximum Gasteiger partial charge on any atom is 0.199 e. The molecule has 2 bridgehead atoms. The van der Waals surface area contributed by atoms with Crippen LogP contribution in [0.5, 0.6) is 0 Å². The fourth-order valence-electron chi connectivity index (χ4n) is 11.1. The van der Waals surface area contributed by atoms with Gasteiger partial charge >= 0.3 is 0 Å². The lowest BCUT2D eigenvalue weighted by molar-refractivity contribution is -0.177. The number of aliphatic hydroxyl groups excluding tert-OH is 3. The molecule has 8 rings (SSSR count). The molecule has 7 heteroatoms. The summed E-state index contributed by atoms with van der Waals surface area (Å²) in [6.07, 6.45) is 12.4. The van der Waals surface area contributed by atoms with Crippen LogP contribution in [-0.2, 0) is 0 Å². The van der Waals surface area contributed by atoms with Crippen LogP contribution in [0.25, 0.3) is 10.1 Å². The summed E-state index contributed by atoms with van der Waals surface area (Å²) in [6.45, 7) is 8.02. The normalized spacial score (nSPS) is 41.4. The van der Waals surface area contributed by atoms with Crippen LogP contribution in [0.1, 0.15) is 81.8 Å². The molecule has 4 N–H and O–H groups in total. The van der Waals surface area contributed by atoms with E-state index in [0.717, 1.165) is 65.6 Å². The second-order valence-corrected chi connectivity index (χ2v) is 16.4. The number of aliphatic hydroxyl groups is 4. The second-order valence-electron chi connectivity index (χ2n) is 15.4. The van der Waals surface area contributed by atoms with Crippen LogP contribution in [0.15, 0.2) is 54.1 Å². The number of hydrogen-bond acceptors (Lipinski definition) is 7. The molecule has 238 valence electrons. The Bertz CT molecular complexity index is 1480. The molecule has 1 unspecified atom stereocenters. The average Bonchev–Trinajstić information content (AvgIpc) is 3.55. The van der Waals surface area contributed by atoms with E-state index in [4.69, 9.17) is 0 Å². The number of carbonyl (C=O) groups is 1. The van der Waals surface area contributed by atoms with Gasteiger partial charge in [-0.05, 0) is 92.7 Å².